The zero-order chi connectivity index (χ0) is 21.6. The minimum absolute atomic E-state index is 0.329. The number of nitrogens with zero attached hydrogens (tertiary/aromatic N) is 3. The van der Waals surface area contributed by atoms with Gasteiger partial charge in [0.25, 0.3) is 0 Å². The highest BCUT2D eigenvalue weighted by molar-refractivity contribution is 7.98. The second-order valence-electron chi connectivity index (χ2n) is 7.52. The molecule has 1 aliphatic carbocycles. The van der Waals surface area contributed by atoms with E-state index in [0.29, 0.717) is 44.1 Å². The molecule has 1 aliphatic rings. The first kappa shape index (κ1) is 22.0. The predicted octanol–water partition coefficient (Wildman–Crippen LogP) is 7.36. The van der Waals surface area contributed by atoms with Gasteiger partial charge in [-0.3, -0.25) is 0 Å². The SMILES string of the molecule is N#Cc1c(NC2CCCCC2)nc(SCc2c(Cl)cccc2Cl)nc1-c1ccccc1. The molecule has 158 valence electrons. The summed E-state index contributed by atoms with van der Waals surface area (Å²) in [6.45, 7) is 0. The average Bonchev–Trinajstić information content (AvgIpc) is 2.80. The van der Waals surface area contributed by atoms with Crippen LogP contribution in [0, 0.1) is 11.3 Å². The maximum atomic E-state index is 9.95. The molecule has 4 rings (SSSR count). The van der Waals surface area contributed by atoms with Crippen LogP contribution in [0.2, 0.25) is 10.0 Å². The second-order valence-corrected chi connectivity index (χ2v) is 9.28. The molecule has 0 unspecified atom stereocenters. The molecule has 4 nitrogen and oxygen atoms in total. The second kappa shape index (κ2) is 10.4. The van der Waals surface area contributed by atoms with Crippen LogP contribution in [-0.4, -0.2) is 16.0 Å². The van der Waals surface area contributed by atoms with Crippen LogP contribution in [0.25, 0.3) is 11.3 Å². The predicted molar refractivity (Wildman–Crippen MR) is 129 cm³/mol. The third-order valence-electron chi connectivity index (χ3n) is 5.40. The van der Waals surface area contributed by atoms with Gasteiger partial charge in [-0.2, -0.15) is 5.26 Å². The van der Waals surface area contributed by atoms with E-state index in [1.807, 2.05) is 48.5 Å². The van der Waals surface area contributed by atoms with E-state index in [1.165, 1.54) is 31.0 Å². The van der Waals surface area contributed by atoms with E-state index in [0.717, 1.165) is 24.0 Å². The number of hydrogen-bond acceptors (Lipinski definition) is 5. The van der Waals surface area contributed by atoms with Gasteiger partial charge in [0.05, 0.1) is 5.69 Å². The normalized spacial score (nSPS) is 14.2. The Morgan fingerprint density at radius 2 is 1.68 bits per heavy atom. The lowest BCUT2D eigenvalue weighted by Gasteiger charge is -2.24. The molecule has 7 heteroatoms. The van der Waals surface area contributed by atoms with Crippen LogP contribution in [-0.2, 0) is 5.75 Å². The van der Waals surface area contributed by atoms with Crippen molar-refractivity contribution in [1.82, 2.24) is 9.97 Å². The smallest absolute Gasteiger partial charge is 0.190 e. The van der Waals surface area contributed by atoms with E-state index < -0.39 is 0 Å². The lowest BCUT2D eigenvalue weighted by molar-refractivity contribution is 0.461. The zero-order valence-electron chi connectivity index (χ0n) is 16.9. The van der Waals surface area contributed by atoms with Crippen molar-refractivity contribution in [2.24, 2.45) is 0 Å². The quantitative estimate of drug-likeness (QED) is 0.302. The van der Waals surface area contributed by atoms with Gasteiger partial charge in [0, 0.05) is 27.4 Å². The Morgan fingerprint density at radius 3 is 2.35 bits per heavy atom. The first-order valence-electron chi connectivity index (χ1n) is 10.4. The summed E-state index contributed by atoms with van der Waals surface area (Å²) in [6.07, 6.45) is 5.84. The van der Waals surface area contributed by atoms with Gasteiger partial charge in [-0.1, -0.05) is 90.6 Å². The third-order valence-corrected chi connectivity index (χ3v) is 6.98. The maximum Gasteiger partial charge on any atom is 0.190 e. The number of hydrogen-bond donors (Lipinski definition) is 1. The molecule has 3 aromatic rings. The van der Waals surface area contributed by atoms with Crippen molar-refractivity contribution >= 4 is 40.8 Å². The van der Waals surface area contributed by atoms with Gasteiger partial charge in [-0.15, -0.1) is 0 Å². The molecule has 0 bridgehead atoms. The Labute approximate surface area is 197 Å². The maximum absolute atomic E-state index is 9.95. The molecule has 0 amide bonds. The molecular formula is C24H22Cl2N4S. The Bertz CT molecular complexity index is 1070. The Morgan fingerprint density at radius 1 is 0.968 bits per heavy atom. The highest BCUT2D eigenvalue weighted by atomic mass is 35.5. The molecule has 1 aromatic heterocycles. The molecule has 0 radical (unpaired) electrons. The minimum atomic E-state index is 0.329. The number of rotatable bonds is 6. The van der Waals surface area contributed by atoms with Crippen LogP contribution in [0.5, 0.6) is 0 Å². The van der Waals surface area contributed by atoms with E-state index in [4.69, 9.17) is 33.2 Å². The summed E-state index contributed by atoms with van der Waals surface area (Å²) in [6, 6.07) is 17.9. The Kier molecular flexibility index (Phi) is 7.34. The van der Waals surface area contributed by atoms with Crippen LogP contribution in [0.1, 0.15) is 43.2 Å². The van der Waals surface area contributed by atoms with E-state index in [-0.39, 0.29) is 0 Å². The van der Waals surface area contributed by atoms with Crippen molar-refractivity contribution in [3.05, 3.63) is 69.7 Å². The number of thioether (sulfide) groups is 1. The topological polar surface area (TPSA) is 61.6 Å². The number of halogens is 2. The highest BCUT2D eigenvalue weighted by Crippen LogP contribution is 2.34. The summed E-state index contributed by atoms with van der Waals surface area (Å²) in [4.78, 5) is 9.48. The lowest BCUT2D eigenvalue weighted by Crippen LogP contribution is -2.24. The highest BCUT2D eigenvalue weighted by Gasteiger charge is 2.21. The number of benzene rings is 2. The largest absolute Gasteiger partial charge is 0.366 e. The van der Waals surface area contributed by atoms with E-state index in [9.17, 15) is 5.26 Å². The summed E-state index contributed by atoms with van der Waals surface area (Å²) in [5.74, 6) is 1.15. The molecule has 31 heavy (non-hydrogen) atoms. The standard InChI is InChI=1S/C24H22Cl2N4S/c25-20-12-7-13-21(26)19(20)15-31-24-29-22(16-8-3-1-4-9-16)18(14-27)23(30-24)28-17-10-5-2-6-11-17/h1,3-4,7-9,12-13,17H,2,5-6,10-11,15H2,(H,28,29,30). The average molecular weight is 469 g/mol. The fourth-order valence-corrected chi connectivity index (χ4v) is 5.35. The van der Waals surface area contributed by atoms with Gasteiger partial charge >= 0.3 is 0 Å². The first-order chi connectivity index (χ1) is 15.2. The van der Waals surface area contributed by atoms with Gasteiger partial charge in [0.1, 0.15) is 17.5 Å². The van der Waals surface area contributed by atoms with Crippen molar-refractivity contribution in [2.75, 3.05) is 5.32 Å². The molecule has 1 heterocycles. The fraction of sp³-hybridized carbons (Fsp3) is 0.292. The Hall–Kier alpha value is -2.26. The van der Waals surface area contributed by atoms with Crippen molar-refractivity contribution in [2.45, 2.75) is 49.1 Å². The van der Waals surface area contributed by atoms with Gasteiger partial charge in [0.15, 0.2) is 5.16 Å². The molecular weight excluding hydrogens is 447 g/mol. The number of nitriles is 1. The molecule has 1 saturated carbocycles. The Balaban J connectivity index is 1.70. The van der Waals surface area contributed by atoms with Gasteiger partial charge < -0.3 is 5.32 Å². The fourth-order valence-electron chi connectivity index (χ4n) is 3.77. The number of nitrogens with one attached hydrogen (secondary N) is 1. The summed E-state index contributed by atoms with van der Waals surface area (Å²) in [5, 5.41) is 15.3. The summed E-state index contributed by atoms with van der Waals surface area (Å²) in [5.41, 5.74) is 2.87. The van der Waals surface area contributed by atoms with Crippen molar-refractivity contribution in [3.63, 3.8) is 0 Å². The molecule has 0 saturated heterocycles. The number of anilines is 1. The first-order valence-corrected chi connectivity index (χ1v) is 12.1. The van der Waals surface area contributed by atoms with Crippen LogP contribution in [0.15, 0.2) is 53.7 Å². The summed E-state index contributed by atoms with van der Waals surface area (Å²) >= 11 is 14.1. The monoisotopic (exact) mass is 468 g/mol. The third kappa shape index (κ3) is 5.33. The summed E-state index contributed by atoms with van der Waals surface area (Å²) < 4.78 is 0. The van der Waals surface area contributed by atoms with Crippen molar-refractivity contribution in [1.29, 1.82) is 5.26 Å². The van der Waals surface area contributed by atoms with Crippen LogP contribution in [0.3, 0.4) is 0 Å². The van der Waals surface area contributed by atoms with Crippen molar-refractivity contribution < 1.29 is 0 Å². The molecule has 0 aliphatic heterocycles. The zero-order valence-corrected chi connectivity index (χ0v) is 19.3. The molecule has 0 atom stereocenters. The minimum Gasteiger partial charge on any atom is -0.366 e. The summed E-state index contributed by atoms with van der Waals surface area (Å²) in [7, 11) is 0. The van der Waals surface area contributed by atoms with Crippen LogP contribution < -0.4 is 5.32 Å². The van der Waals surface area contributed by atoms with Crippen molar-refractivity contribution in [3.8, 4) is 17.3 Å². The lowest BCUT2D eigenvalue weighted by atomic mass is 9.95. The van der Waals surface area contributed by atoms with Crippen LogP contribution >= 0.6 is 35.0 Å². The molecule has 1 N–H and O–H groups in total. The molecule has 2 aromatic carbocycles. The van der Waals surface area contributed by atoms with E-state index in [2.05, 4.69) is 11.4 Å². The molecule has 1 fully saturated rings. The van der Waals surface area contributed by atoms with E-state index >= 15 is 0 Å². The number of aromatic nitrogens is 2. The van der Waals surface area contributed by atoms with Gasteiger partial charge in [-0.05, 0) is 30.5 Å². The van der Waals surface area contributed by atoms with E-state index in [1.54, 1.807) is 0 Å². The van der Waals surface area contributed by atoms with Gasteiger partial charge in [0.2, 0.25) is 0 Å². The van der Waals surface area contributed by atoms with Crippen LogP contribution in [0.4, 0.5) is 5.82 Å². The molecule has 0 spiro atoms. The van der Waals surface area contributed by atoms with Gasteiger partial charge in [-0.25, -0.2) is 9.97 Å².